The van der Waals surface area contributed by atoms with E-state index >= 15 is 0 Å². The summed E-state index contributed by atoms with van der Waals surface area (Å²) in [6, 6.07) is 8.25. The number of carbonyl (C=O) groups is 1. The van der Waals surface area contributed by atoms with Crippen LogP contribution in [0.4, 0.5) is 13.2 Å². The van der Waals surface area contributed by atoms with Crippen molar-refractivity contribution in [2.75, 3.05) is 13.2 Å². The summed E-state index contributed by atoms with van der Waals surface area (Å²) >= 11 is 0. The third-order valence-electron chi connectivity index (χ3n) is 6.40. The number of hydrogen-bond acceptors (Lipinski definition) is 7. The Labute approximate surface area is 232 Å². The van der Waals surface area contributed by atoms with Crippen molar-refractivity contribution in [1.29, 1.82) is 0 Å². The van der Waals surface area contributed by atoms with Gasteiger partial charge in [0.25, 0.3) is 5.91 Å². The molecule has 0 spiro atoms. The fraction of sp³-hybridized carbons (Fsp3) is 0.741. The molecule has 226 valence electrons. The van der Waals surface area contributed by atoms with Gasteiger partial charge in [0.15, 0.2) is 8.32 Å². The number of aliphatic hydroxyl groups is 1. The van der Waals surface area contributed by atoms with Gasteiger partial charge in [-0.15, -0.1) is 0 Å². The molecule has 0 aliphatic carbocycles. The maximum atomic E-state index is 14.5. The highest BCUT2D eigenvalue weighted by Gasteiger charge is 2.61. The lowest BCUT2D eigenvalue weighted by Crippen LogP contribution is -2.62. The molecule has 1 aromatic carbocycles. The first-order valence-electron chi connectivity index (χ1n) is 13.1. The number of benzene rings is 1. The van der Waals surface area contributed by atoms with E-state index in [1.165, 1.54) is 0 Å². The number of hydrazine groups is 1. The Morgan fingerprint density at radius 3 is 2.15 bits per heavy atom. The van der Waals surface area contributed by atoms with Crippen molar-refractivity contribution >= 4 is 14.2 Å². The topological polar surface area (TPSA) is 98.3 Å². The van der Waals surface area contributed by atoms with Crippen LogP contribution >= 0.6 is 0 Å². The Balaban J connectivity index is 2.93. The number of carbonyl (C=O) groups excluding carboxylic acids is 1. The van der Waals surface area contributed by atoms with E-state index in [0.29, 0.717) is 5.56 Å². The quantitative estimate of drug-likeness (QED) is 0.110. The molecule has 2 unspecified atom stereocenters. The highest BCUT2D eigenvalue weighted by atomic mass is 28.4. The number of rotatable bonds is 15. The van der Waals surface area contributed by atoms with Crippen molar-refractivity contribution < 1.29 is 41.7 Å². The molecule has 0 aliphatic rings. The lowest BCUT2D eigenvalue weighted by molar-refractivity contribution is -0.275. The number of aliphatic hydroxyl groups excluding tert-OH is 1. The number of ether oxygens (including phenoxy) is 3. The van der Waals surface area contributed by atoms with Gasteiger partial charge in [0.1, 0.15) is 0 Å². The van der Waals surface area contributed by atoms with Gasteiger partial charge in [0.2, 0.25) is 12.0 Å². The van der Waals surface area contributed by atoms with Gasteiger partial charge in [0.05, 0.1) is 24.9 Å². The predicted molar refractivity (Wildman–Crippen MR) is 146 cm³/mol. The molecular weight excluding hydrogens is 533 g/mol. The third kappa shape index (κ3) is 11.8. The number of amides is 1. The minimum Gasteiger partial charge on any atom is -0.412 e. The Kier molecular flexibility index (Phi) is 13.1. The first-order valence-corrected chi connectivity index (χ1v) is 16.0. The maximum Gasteiger partial charge on any atom is 0.426 e. The zero-order chi connectivity index (χ0) is 30.1. The zero-order valence-electron chi connectivity index (χ0n) is 24.7. The minimum atomic E-state index is -5.07. The first-order chi connectivity index (χ1) is 17.7. The van der Waals surface area contributed by atoms with Crippen LogP contribution in [0.3, 0.4) is 0 Å². The van der Waals surface area contributed by atoms with Gasteiger partial charge in [-0.1, -0.05) is 51.1 Å². The molecule has 1 aromatic rings. The average Bonchev–Trinajstić information content (AvgIpc) is 2.77. The second kappa shape index (κ2) is 14.4. The van der Waals surface area contributed by atoms with E-state index in [0.717, 1.165) is 0 Å². The molecular formula is C27H47F3N2O6Si. The van der Waals surface area contributed by atoms with Gasteiger partial charge in [-0.3, -0.25) is 10.2 Å². The summed E-state index contributed by atoms with van der Waals surface area (Å²) < 4.78 is 65.8. The van der Waals surface area contributed by atoms with Gasteiger partial charge < -0.3 is 23.7 Å². The van der Waals surface area contributed by atoms with Gasteiger partial charge in [-0.2, -0.15) is 18.6 Å². The van der Waals surface area contributed by atoms with Crippen LogP contribution in [-0.4, -0.2) is 62.4 Å². The smallest absolute Gasteiger partial charge is 0.412 e. The Morgan fingerprint density at radius 2 is 1.64 bits per heavy atom. The normalized spacial score (nSPS) is 16.4. The van der Waals surface area contributed by atoms with Crippen molar-refractivity contribution in [3.8, 4) is 0 Å². The number of halogens is 3. The summed E-state index contributed by atoms with van der Waals surface area (Å²) in [5.74, 6) is -1.50. The summed E-state index contributed by atoms with van der Waals surface area (Å²) in [6.07, 6.45) is -7.86. The summed E-state index contributed by atoms with van der Waals surface area (Å²) in [4.78, 5) is 13.0. The summed E-state index contributed by atoms with van der Waals surface area (Å²) in [7, 11) is -2.02. The second-order valence-corrected chi connectivity index (χ2v) is 16.9. The van der Waals surface area contributed by atoms with Crippen molar-refractivity contribution in [3.05, 3.63) is 35.9 Å². The fourth-order valence-corrected chi connectivity index (χ4v) is 4.79. The van der Waals surface area contributed by atoms with Gasteiger partial charge in [-0.25, -0.2) is 0 Å². The molecule has 0 bridgehead atoms. The van der Waals surface area contributed by atoms with Crippen molar-refractivity contribution in [3.63, 3.8) is 0 Å². The van der Waals surface area contributed by atoms with Crippen LogP contribution in [0.25, 0.3) is 0 Å². The lowest BCUT2D eigenvalue weighted by Gasteiger charge is -2.38. The lowest BCUT2D eigenvalue weighted by atomic mass is 9.95. The molecule has 8 nitrogen and oxygen atoms in total. The highest BCUT2D eigenvalue weighted by molar-refractivity contribution is 6.74. The summed E-state index contributed by atoms with van der Waals surface area (Å²) in [6.45, 7) is 17.1. The third-order valence-corrected chi connectivity index (χ3v) is 11.0. The van der Waals surface area contributed by atoms with Crippen LogP contribution in [0, 0.1) is 0 Å². The fourth-order valence-electron chi connectivity index (χ4n) is 3.36. The van der Waals surface area contributed by atoms with E-state index in [4.69, 9.17) is 18.6 Å². The molecule has 1 amide bonds. The highest BCUT2D eigenvalue weighted by Crippen LogP contribution is 2.39. The average molecular weight is 581 g/mol. The van der Waals surface area contributed by atoms with Gasteiger partial charge in [0, 0.05) is 6.61 Å². The van der Waals surface area contributed by atoms with Crippen LogP contribution < -0.4 is 10.9 Å². The molecule has 1 rings (SSSR count). The molecule has 3 atom stereocenters. The molecule has 0 radical (unpaired) electrons. The molecule has 0 heterocycles. The van der Waals surface area contributed by atoms with Crippen LogP contribution in [-0.2, 0) is 30.0 Å². The molecule has 0 saturated heterocycles. The monoisotopic (exact) mass is 580 g/mol. The van der Waals surface area contributed by atoms with Crippen molar-refractivity contribution in [1.82, 2.24) is 10.9 Å². The minimum absolute atomic E-state index is 0.0105. The maximum absolute atomic E-state index is 14.5. The van der Waals surface area contributed by atoms with Gasteiger partial charge in [-0.05, 0) is 64.2 Å². The van der Waals surface area contributed by atoms with E-state index in [-0.39, 0.29) is 30.8 Å². The Morgan fingerprint density at radius 1 is 1.05 bits per heavy atom. The number of hydrogen-bond donors (Lipinski definition) is 3. The Bertz CT molecular complexity index is 875. The predicted octanol–water partition coefficient (Wildman–Crippen LogP) is 5.42. The van der Waals surface area contributed by atoms with Crippen molar-refractivity contribution in [2.45, 2.75) is 116 Å². The first kappa shape index (κ1) is 35.5. The number of alkyl halides is 3. The van der Waals surface area contributed by atoms with Crippen LogP contribution in [0.2, 0.25) is 18.1 Å². The molecule has 0 saturated carbocycles. The molecule has 0 aromatic heterocycles. The zero-order valence-corrected chi connectivity index (χ0v) is 25.7. The van der Waals surface area contributed by atoms with Gasteiger partial charge >= 0.3 is 6.18 Å². The molecule has 3 N–H and O–H groups in total. The number of nitrogens with one attached hydrogen (secondary N) is 2. The van der Waals surface area contributed by atoms with E-state index in [9.17, 15) is 23.1 Å². The van der Waals surface area contributed by atoms with E-state index in [2.05, 4.69) is 39.3 Å². The Hall–Kier alpha value is -1.54. The largest absolute Gasteiger partial charge is 0.426 e. The van der Waals surface area contributed by atoms with Crippen LogP contribution in [0.15, 0.2) is 30.3 Å². The molecule has 12 heteroatoms. The molecule has 39 heavy (non-hydrogen) atoms. The molecule has 0 aliphatic heterocycles. The standard InChI is InChI=1S/C27H47F3N2O6Si/c1-20(38-39(8,9)25(5,6)7)18-35-17-13-16-26(27(28,29)30,36-19-21-14-11-10-12-15-21)22(33)31-32-23(34)37-24(2,3)4/h10-12,14-15,20,23,32,34H,13,16-19H2,1-9H3,(H,31,33)/t20-,23?,26?/m0/s1. The van der Waals surface area contributed by atoms with E-state index in [1.807, 2.05) is 12.3 Å². The van der Waals surface area contributed by atoms with Crippen LogP contribution in [0.1, 0.15) is 66.9 Å². The van der Waals surface area contributed by atoms with Crippen LogP contribution in [0.5, 0.6) is 0 Å². The second-order valence-electron chi connectivity index (χ2n) is 12.1. The SMILES string of the molecule is C[C@@H](COCCCC(OCc1ccccc1)(C(=O)NNC(O)OC(C)(C)C)C(F)(F)F)O[Si](C)(C)C(C)(C)C. The van der Waals surface area contributed by atoms with Crippen molar-refractivity contribution in [2.24, 2.45) is 0 Å². The van der Waals surface area contributed by atoms with E-state index in [1.54, 1.807) is 51.1 Å². The molecule has 0 fully saturated rings. The summed E-state index contributed by atoms with van der Waals surface area (Å²) in [5, 5.41) is 9.95. The summed E-state index contributed by atoms with van der Waals surface area (Å²) in [5.41, 5.74) is 0.446. The van der Waals surface area contributed by atoms with E-state index < -0.39 is 51.0 Å².